The fourth-order valence-electron chi connectivity index (χ4n) is 3.40. The molecule has 7 heteroatoms. The van der Waals surface area contributed by atoms with Gasteiger partial charge in [0.25, 0.3) is 0 Å². The molecule has 2 unspecified atom stereocenters. The van der Waals surface area contributed by atoms with Crippen molar-refractivity contribution in [3.8, 4) is 0 Å². The van der Waals surface area contributed by atoms with Crippen LogP contribution in [0.5, 0.6) is 0 Å². The number of aliphatic carboxylic acids is 1. The van der Waals surface area contributed by atoms with Crippen LogP contribution in [-0.2, 0) is 19.1 Å². The van der Waals surface area contributed by atoms with E-state index in [9.17, 15) is 14.4 Å². The fraction of sp³-hybridized carbons (Fsp3) is 0.550. The van der Waals surface area contributed by atoms with Gasteiger partial charge in [0.15, 0.2) is 0 Å². The SMILES string of the molecule is COC(=O)C1(NC(=O)C(C)c2ccccc2)CCN(CC(C)C(=O)O)CC1. The first-order chi connectivity index (χ1) is 12.8. The lowest BCUT2D eigenvalue weighted by Crippen LogP contribution is -2.61. The van der Waals surface area contributed by atoms with Crippen molar-refractivity contribution in [2.45, 2.75) is 38.1 Å². The van der Waals surface area contributed by atoms with Crippen LogP contribution in [-0.4, -0.2) is 60.1 Å². The van der Waals surface area contributed by atoms with Gasteiger partial charge >= 0.3 is 11.9 Å². The first-order valence-electron chi connectivity index (χ1n) is 9.19. The van der Waals surface area contributed by atoms with Gasteiger partial charge in [0.05, 0.1) is 18.9 Å². The van der Waals surface area contributed by atoms with Crippen LogP contribution in [0.25, 0.3) is 0 Å². The van der Waals surface area contributed by atoms with Crippen molar-refractivity contribution in [1.29, 1.82) is 0 Å². The van der Waals surface area contributed by atoms with Crippen LogP contribution < -0.4 is 5.32 Å². The highest BCUT2D eigenvalue weighted by Gasteiger charge is 2.44. The number of methoxy groups -OCH3 is 1. The highest BCUT2D eigenvalue weighted by Crippen LogP contribution is 2.26. The maximum atomic E-state index is 12.8. The number of rotatable bonds is 7. The molecule has 1 amide bonds. The van der Waals surface area contributed by atoms with Crippen LogP contribution in [0.4, 0.5) is 0 Å². The Morgan fingerprint density at radius 3 is 2.30 bits per heavy atom. The Labute approximate surface area is 159 Å². The molecule has 1 aliphatic rings. The van der Waals surface area contributed by atoms with Crippen LogP contribution in [0.1, 0.15) is 38.2 Å². The number of carboxylic acid groups (broad SMARTS) is 1. The molecule has 0 saturated carbocycles. The van der Waals surface area contributed by atoms with Crippen LogP contribution in [0, 0.1) is 5.92 Å². The number of nitrogens with zero attached hydrogens (tertiary/aromatic N) is 1. The zero-order valence-corrected chi connectivity index (χ0v) is 16.1. The number of amides is 1. The number of nitrogens with one attached hydrogen (secondary N) is 1. The van der Waals surface area contributed by atoms with Crippen molar-refractivity contribution < 1.29 is 24.2 Å². The van der Waals surface area contributed by atoms with E-state index >= 15 is 0 Å². The number of carbonyl (C=O) groups excluding carboxylic acids is 2. The van der Waals surface area contributed by atoms with E-state index in [1.54, 1.807) is 13.8 Å². The summed E-state index contributed by atoms with van der Waals surface area (Å²) >= 11 is 0. The summed E-state index contributed by atoms with van der Waals surface area (Å²) in [4.78, 5) is 38.3. The number of hydrogen-bond donors (Lipinski definition) is 2. The number of esters is 1. The minimum absolute atomic E-state index is 0.223. The molecule has 2 rings (SSSR count). The number of ether oxygens (including phenoxy) is 1. The Kier molecular flexibility index (Phi) is 6.96. The van der Waals surface area contributed by atoms with Crippen molar-refractivity contribution in [3.05, 3.63) is 35.9 Å². The van der Waals surface area contributed by atoms with Crippen molar-refractivity contribution in [2.75, 3.05) is 26.7 Å². The minimum Gasteiger partial charge on any atom is -0.481 e. The van der Waals surface area contributed by atoms with E-state index in [-0.39, 0.29) is 5.91 Å². The average molecular weight is 376 g/mol. The van der Waals surface area contributed by atoms with E-state index < -0.39 is 29.3 Å². The standard InChI is InChI=1S/C20H28N2O5/c1-14(18(24)25)13-22-11-9-20(10-12-22,19(26)27-3)21-17(23)15(2)16-7-5-4-6-8-16/h4-8,14-15H,9-13H2,1-3H3,(H,21,23)(H,24,25). The summed E-state index contributed by atoms with van der Waals surface area (Å²) in [5, 5.41) is 12.0. The molecule has 148 valence electrons. The summed E-state index contributed by atoms with van der Waals surface area (Å²) < 4.78 is 4.97. The molecule has 2 N–H and O–H groups in total. The average Bonchev–Trinajstić information content (AvgIpc) is 2.68. The maximum Gasteiger partial charge on any atom is 0.331 e. The molecule has 2 atom stereocenters. The first-order valence-corrected chi connectivity index (χ1v) is 9.19. The van der Waals surface area contributed by atoms with Gasteiger partial charge in [0, 0.05) is 19.6 Å². The molecule has 0 bridgehead atoms. The van der Waals surface area contributed by atoms with E-state index in [0.717, 1.165) is 5.56 Å². The second-order valence-corrected chi connectivity index (χ2v) is 7.24. The summed E-state index contributed by atoms with van der Waals surface area (Å²) in [5.74, 6) is -2.40. The third kappa shape index (κ3) is 5.07. The van der Waals surface area contributed by atoms with E-state index in [4.69, 9.17) is 9.84 Å². The van der Waals surface area contributed by atoms with Gasteiger partial charge in [-0.15, -0.1) is 0 Å². The molecule has 1 aromatic carbocycles. The highest BCUT2D eigenvalue weighted by atomic mass is 16.5. The predicted molar refractivity (Wildman–Crippen MR) is 100 cm³/mol. The van der Waals surface area contributed by atoms with Crippen LogP contribution >= 0.6 is 0 Å². The summed E-state index contributed by atoms with van der Waals surface area (Å²) in [6.45, 7) is 4.92. The van der Waals surface area contributed by atoms with Gasteiger partial charge < -0.3 is 20.1 Å². The molecule has 0 spiro atoms. The zero-order valence-electron chi connectivity index (χ0n) is 16.1. The molecule has 1 fully saturated rings. The van der Waals surface area contributed by atoms with E-state index in [0.29, 0.717) is 32.5 Å². The van der Waals surface area contributed by atoms with Gasteiger partial charge in [-0.25, -0.2) is 4.79 Å². The van der Waals surface area contributed by atoms with Crippen molar-refractivity contribution in [3.63, 3.8) is 0 Å². The summed E-state index contributed by atoms with van der Waals surface area (Å²) in [7, 11) is 1.32. The largest absolute Gasteiger partial charge is 0.481 e. The second-order valence-electron chi connectivity index (χ2n) is 7.24. The molecular weight excluding hydrogens is 348 g/mol. The third-order valence-corrected chi connectivity index (χ3v) is 5.29. The lowest BCUT2D eigenvalue weighted by molar-refractivity contribution is -0.154. The Hall–Kier alpha value is -2.41. The van der Waals surface area contributed by atoms with E-state index in [2.05, 4.69) is 5.32 Å². The van der Waals surface area contributed by atoms with Gasteiger partial charge in [-0.1, -0.05) is 37.3 Å². The smallest absolute Gasteiger partial charge is 0.331 e. The predicted octanol–water partition coefficient (Wildman–Crippen LogP) is 1.63. The van der Waals surface area contributed by atoms with E-state index in [1.807, 2.05) is 35.2 Å². The maximum absolute atomic E-state index is 12.8. The Morgan fingerprint density at radius 1 is 1.19 bits per heavy atom. The number of hydrogen-bond acceptors (Lipinski definition) is 5. The minimum atomic E-state index is -1.07. The van der Waals surface area contributed by atoms with Gasteiger partial charge in [-0.05, 0) is 25.3 Å². The van der Waals surface area contributed by atoms with Crippen LogP contribution in [0.15, 0.2) is 30.3 Å². The van der Waals surface area contributed by atoms with Crippen LogP contribution in [0.3, 0.4) is 0 Å². The van der Waals surface area contributed by atoms with Crippen LogP contribution in [0.2, 0.25) is 0 Å². The lowest BCUT2D eigenvalue weighted by Gasteiger charge is -2.41. The summed E-state index contributed by atoms with van der Waals surface area (Å²) in [6, 6.07) is 9.39. The molecular formula is C20H28N2O5. The molecule has 1 heterocycles. The molecule has 0 aliphatic carbocycles. The number of piperidine rings is 1. The number of likely N-dealkylation sites (tertiary alicyclic amines) is 1. The normalized spacial score (nSPS) is 18.9. The third-order valence-electron chi connectivity index (χ3n) is 5.29. The Balaban J connectivity index is 2.06. The number of carboxylic acids is 1. The highest BCUT2D eigenvalue weighted by molar-refractivity contribution is 5.91. The van der Waals surface area contributed by atoms with Gasteiger partial charge in [0.2, 0.25) is 5.91 Å². The van der Waals surface area contributed by atoms with Gasteiger partial charge in [-0.2, -0.15) is 0 Å². The number of benzene rings is 1. The molecule has 7 nitrogen and oxygen atoms in total. The summed E-state index contributed by atoms with van der Waals surface area (Å²) in [5.41, 5.74) is -0.194. The Morgan fingerprint density at radius 2 is 1.78 bits per heavy atom. The fourth-order valence-corrected chi connectivity index (χ4v) is 3.40. The van der Waals surface area contributed by atoms with Crippen molar-refractivity contribution in [1.82, 2.24) is 10.2 Å². The van der Waals surface area contributed by atoms with Gasteiger partial charge in [-0.3, -0.25) is 9.59 Å². The molecule has 1 aromatic rings. The van der Waals surface area contributed by atoms with Gasteiger partial charge in [0.1, 0.15) is 5.54 Å². The Bertz CT molecular complexity index is 668. The van der Waals surface area contributed by atoms with E-state index in [1.165, 1.54) is 7.11 Å². The zero-order chi connectivity index (χ0) is 20.0. The number of carbonyl (C=O) groups is 3. The molecule has 1 aliphatic heterocycles. The molecule has 0 radical (unpaired) electrons. The monoisotopic (exact) mass is 376 g/mol. The second kappa shape index (κ2) is 8.99. The topological polar surface area (TPSA) is 95.9 Å². The summed E-state index contributed by atoms with van der Waals surface area (Å²) in [6.07, 6.45) is 0.776. The molecule has 0 aromatic heterocycles. The lowest BCUT2D eigenvalue weighted by atomic mass is 9.86. The molecule has 1 saturated heterocycles. The van der Waals surface area contributed by atoms with Crippen molar-refractivity contribution in [2.24, 2.45) is 5.92 Å². The van der Waals surface area contributed by atoms with Crippen molar-refractivity contribution >= 4 is 17.8 Å². The molecule has 27 heavy (non-hydrogen) atoms. The quantitative estimate of drug-likeness (QED) is 0.703. The first kappa shape index (κ1) is 20.9.